The van der Waals surface area contributed by atoms with Gasteiger partial charge in [-0.25, -0.2) is 0 Å². The minimum absolute atomic E-state index is 0.0675. The van der Waals surface area contributed by atoms with E-state index in [0.717, 1.165) is 11.1 Å². The topological polar surface area (TPSA) is 49.4 Å². The van der Waals surface area contributed by atoms with Crippen LogP contribution in [0.1, 0.15) is 24.1 Å². The number of benzene rings is 2. The van der Waals surface area contributed by atoms with Gasteiger partial charge in [-0.3, -0.25) is 9.59 Å². The minimum atomic E-state index is -0.603. The smallest absolute Gasteiger partial charge is 0.250 e. The van der Waals surface area contributed by atoms with Crippen LogP contribution in [0.5, 0.6) is 0 Å². The Morgan fingerprint density at radius 3 is 2.18 bits per heavy atom. The highest BCUT2D eigenvalue weighted by atomic mass is 16.2. The number of piperazine rings is 1. The summed E-state index contributed by atoms with van der Waals surface area (Å²) < 4.78 is 0. The van der Waals surface area contributed by atoms with E-state index >= 15 is 0 Å². The number of hydrogen-bond donors (Lipinski definition) is 1. The third-order valence-corrected chi connectivity index (χ3v) is 3.99. The van der Waals surface area contributed by atoms with E-state index in [4.69, 9.17) is 0 Å². The summed E-state index contributed by atoms with van der Waals surface area (Å²) >= 11 is 0. The first-order valence-electron chi connectivity index (χ1n) is 7.36. The number of nitrogens with zero attached hydrogens (tertiary/aromatic N) is 1. The molecule has 0 bridgehead atoms. The second-order valence-electron chi connectivity index (χ2n) is 5.48. The molecule has 1 fully saturated rings. The minimum Gasteiger partial charge on any atom is -0.339 e. The van der Waals surface area contributed by atoms with Crippen molar-refractivity contribution >= 4 is 11.8 Å². The monoisotopic (exact) mass is 294 g/mol. The lowest BCUT2D eigenvalue weighted by atomic mass is 10.00. The molecule has 1 aliphatic heterocycles. The molecule has 0 radical (unpaired) electrons. The molecule has 2 unspecified atom stereocenters. The molecule has 0 spiro atoms. The summed E-state index contributed by atoms with van der Waals surface area (Å²) in [7, 11) is 0. The average molecular weight is 294 g/mol. The number of nitrogens with one attached hydrogen (secondary N) is 1. The molecule has 2 amide bonds. The Morgan fingerprint density at radius 1 is 0.955 bits per heavy atom. The van der Waals surface area contributed by atoms with Gasteiger partial charge in [-0.05, 0) is 18.1 Å². The second kappa shape index (κ2) is 6.02. The Balaban J connectivity index is 1.88. The lowest BCUT2D eigenvalue weighted by Crippen LogP contribution is -2.58. The molecule has 2 atom stereocenters. The van der Waals surface area contributed by atoms with Crippen molar-refractivity contribution in [1.82, 2.24) is 10.2 Å². The molecule has 2 aromatic carbocycles. The Morgan fingerprint density at radius 2 is 1.55 bits per heavy atom. The summed E-state index contributed by atoms with van der Waals surface area (Å²) in [5.41, 5.74) is 1.83. The Bertz CT molecular complexity index is 670. The number of hydrogen-bond acceptors (Lipinski definition) is 2. The maximum absolute atomic E-state index is 12.8. The van der Waals surface area contributed by atoms with Gasteiger partial charge in [0.1, 0.15) is 12.1 Å². The van der Waals surface area contributed by atoms with Gasteiger partial charge < -0.3 is 10.2 Å². The second-order valence-corrected chi connectivity index (χ2v) is 5.48. The van der Waals surface area contributed by atoms with Gasteiger partial charge in [0.2, 0.25) is 5.91 Å². The number of carbonyl (C=O) groups is 2. The van der Waals surface area contributed by atoms with Gasteiger partial charge in [0.25, 0.3) is 5.91 Å². The van der Waals surface area contributed by atoms with Gasteiger partial charge in [-0.2, -0.15) is 0 Å². The quantitative estimate of drug-likeness (QED) is 0.944. The molecular formula is C18H18N2O2. The van der Waals surface area contributed by atoms with Crippen LogP contribution in [-0.2, 0) is 16.1 Å². The van der Waals surface area contributed by atoms with E-state index < -0.39 is 12.1 Å². The zero-order valence-electron chi connectivity index (χ0n) is 12.4. The molecule has 1 heterocycles. The van der Waals surface area contributed by atoms with Crippen molar-refractivity contribution in [1.29, 1.82) is 0 Å². The first-order valence-corrected chi connectivity index (χ1v) is 7.36. The Labute approximate surface area is 129 Å². The fourth-order valence-electron chi connectivity index (χ4n) is 2.69. The van der Waals surface area contributed by atoms with E-state index in [1.807, 2.05) is 60.7 Å². The molecule has 1 aliphatic rings. The summed E-state index contributed by atoms with van der Waals surface area (Å²) in [6, 6.07) is 18.0. The lowest BCUT2D eigenvalue weighted by Gasteiger charge is -2.37. The summed E-state index contributed by atoms with van der Waals surface area (Å²) in [5, 5.41) is 2.82. The van der Waals surface area contributed by atoms with Crippen LogP contribution in [0, 0.1) is 0 Å². The molecule has 0 aromatic heterocycles. The molecule has 4 nitrogen and oxygen atoms in total. The maximum Gasteiger partial charge on any atom is 0.250 e. The van der Waals surface area contributed by atoms with Gasteiger partial charge in [0, 0.05) is 6.54 Å². The SMILES string of the molecule is CC1C(=O)NC(c2ccccc2)C(=O)N1Cc1ccccc1. The lowest BCUT2D eigenvalue weighted by molar-refractivity contribution is -0.149. The average Bonchev–Trinajstić information content (AvgIpc) is 2.57. The van der Waals surface area contributed by atoms with Crippen LogP contribution in [0.3, 0.4) is 0 Å². The van der Waals surface area contributed by atoms with Crippen LogP contribution in [-0.4, -0.2) is 22.8 Å². The third-order valence-electron chi connectivity index (χ3n) is 3.99. The standard InChI is InChI=1S/C18H18N2O2/c1-13-17(21)19-16(15-10-6-3-7-11-15)18(22)20(13)12-14-8-4-2-5-9-14/h2-11,13,16H,12H2,1H3,(H,19,21). The first-order chi connectivity index (χ1) is 10.7. The summed E-state index contributed by atoms with van der Waals surface area (Å²) in [6.07, 6.45) is 0. The third kappa shape index (κ3) is 2.72. The van der Waals surface area contributed by atoms with Gasteiger partial charge >= 0.3 is 0 Å². The van der Waals surface area contributed by atoms with Crippen LogP contribution < -0.4 is 5.32 Å². The fraction of sp³-hybridized carbons (Fsp3) is 0.222. The molecular weight excluding hydrogens is 276 g/mol. The number of rotatable bonds is 3. The highest BCUT2D eigenvalue weighted by molar-refractivity contribution is 5.97. The highest BCUT2D eigenvalue weighted by Crippen LogP contribution is 2.23. The van der Waals surface area contributed by atoms with E-state index in [2.05, 4.69) is 5.32 Å². The highest BCUT2D eigenvalue weighted by Gasteiger charge is 2.38. The molecule has 22 heavy (non-hydrogen) atoms. The fourth-order valence-corrected chi connectivity index (χ4v) is 2.69. The van der Waals surface area contributed by atoms with Crippen molar-refractivity contribution in [3.63, 3.8) is 0 Å². The number of carbonyl (C=O) groups excluding carboxylic acids is 2. The van der Waals surface area contributed by atoms with Gasteiger partial charge in [-0.15, -0.1) is 0 Å². The molecule has 2 aromatic rings. The molecule has 1 N–H and O–H groups in total. The van der Waals surface area contributed by atoms with Crippen molar-refractivity contribution in [2.75, 3.05) is 0 Å². The van der Waals surface area contributed by atoms with Crippen molar-refractivity contribution in [3.8, 4) is 0 Å². The zero-order chi connectivity index (χ0) is 15.5. The normalized spacial score (nSPS) is 21.6. The molecule has 3 rings (SSSR count). The van der Waals surface area contributed by atoms with Gasteiger partial charge in [-0.1, -0.05) is 60.7 Å². The van der Waals surface area contributed by atoms with E-state index in [1.54, 1.807) is 11.8 Å². The zero-order valence-corrected chi connectivity index (χ0v) is 12.4. The summed E-state index contributed by atoms with van der Waals surface area (Å²) in [4.78, 5) is 26.7. The maximum atomic E-state index is 12.8. The predicted molar refractivity (Wildman–Crippen MR) is 83.8 cm³/mol. The van der Waals surface area contributed by atoms with Crippen LogP contribution in [0.4, 0.5) is 0 Å². The van der Waals surface area contributed by atoms with Crippen molar-refractivity contribution < 1.29 is 9.59 Å². The largest absolute Gasteiger partial charge is 0.339 e. The van der Waals surface area contributed by atoms with Gasteiger partial charge in [0.05, 0.1) is 0 Å². The summed E-state index contributed by atoms with van der Waals surface area (Å²) in [5.74, 6) is -0.188. The van der Waals surface area contributed by atoms with E-state index in [-0.39, 0.29) is 11.8 Å². The molecule has 4 heteroatoms. The molecule has 112 valence electrons. The molecule has 0 aliphatic carbocycles. The van der Waals surface area contributed by atoms with Crippen molar-refractivity contribution in [3.05, 3.63) is 71.8 Å². The molecule has 1 saturated heterocycles. The van der Waals surface area contributed by atoms with Crippen molar-refractivity contribution in [2.24, 2.45) is 0 Å². The van der Waals surface area contributed by atoms with E-state index in [9.17, 15) is 9.59 Å². The predicted octanol–water partition coefficient (Wildman–Crippen LogP) is 2.27. The molecule has 0 saturated carbocycles. The van der Waals surface area contributed by atoms with Crippen LogP contribution in [0.15, 0.2) is 60.7 Å². The van der Waals surface area contributed by atoms with Crippen molar-refractivity contribution in [2.45, 2.75) is 25.6 Å². The van der Waals surface area contributed by atoms with E-state index in [0.29, 0.717) is 6.54 Å². The Hall–Kier alpha value is -2.62. The number of amides is 2. The van der Waals surface area contributed by atoms with Gasteiger partial charge in [0.15, 0.2) is 0 Å². The van der Waals surface area contributed by atoms with Crippen LogP contribution >= 0.6 is 0 Å². The van der Waals surface area contributed by atoms with Crippen LogP contribution in [0.25, 0.3) is 0 Å². The van der Waals surface area contributed by atoms with Crippen LogP contribution in [0.2, 0.25) is 0 Å². The van der Waals surface area contributed by atoms with E-state index in [1.165, 1.54) is 0 Å². The first kappa shape index (κ1) is 14.3. The Kier molecular flexibility index (Phi) is 3.92. The summed E-state index contributed by atoms with van der Waals surface area (Å²) in [6.45, 7) is 2.20.